The van der Waals surface area contributed by atoms with E-state index >= 15 is 0 Å². The van der Waals surface area contributed by atoms with Crippen LogP contribution in [0, 0.1) is 0 Å². The molecule has 0 atom stereocenters. The molecular formula is C18H15BrN4O4. The van der Waals surface area contributed by atoms with Gasteiger partial charge in [0.15, 0.2) is 12.3 Å². The number of H-pyrrole nitrogens is 1. The molecule has 3 rings (SSSR count). The zero-order valence-corrected chi connectivity index (χ0v) is 15.8. The number of nitrogens with one attached hydrogen (secondary N) is 1. The number of azo groups is 1. The Labute approximate surface area is 162 Å². The lowest BCUT2D eigenvalue weighted by atomic mass is 10.2. The maximum Gasteiger partial charge on any atom is 0.304 e. The smallest absolute Gasteiger partial charge is 0.304 e. The number of carbonyl (C=O) groups excluding carboxylic acids is 1. The fourth-order valence-corrected chi connectivity index (χ4v) is 2.61. The normalized spacial score (nSPS) is 11.5. The average molecular weight is 431 g/mol. The number of rotatable bonds is 6. The first-order valence-electron chi connectivity index (χ1n) is 7.81. The van der Waals surface area contributed by atoms with Crippen molar-refractivity contribution in [3.8, 4) is 11.6 Å². The minimum atomic E-state index is -0.634. The number of aromatic amines is 1. The summed E-state index contributed by atoms with van der Waals surface area (Å²) in [6.07, 6.45) is 1.47. The quantitative estimate of drug-likeness (QED) is 0.345. The van der Waals surface area contributed by atoms with E-state index in [0.717, 1.165) is 15.8 Å². The van der Waals surface area contributed by atoms with Crippen LogP contribution in [0.15, 0.2) is 62.3 Å². The van der Waals surface area contributed by atoms with Crippen molar-refractivity contribution in [3.63, 3.8) is 0 Å². The molecule has 1 heterocycles. The van der Waals surface area contributed by atoms with Crippen molar-refractivity contribution in [3.05, 3.63) is 52.5 Å². The summed E-state index contributed by atoms with van der Waals surface area (Å²) in [5.41, 5.74) is 1.65. The summed E-state index contributed by atoms with van der Waals surface area (Å²) in [5.74, 6) is -0.0695. The third-order valence-electron chi connectivity index (χ3n) is 3.56. The predicted molar refractivity (Wildman–Crippen MR) is 104 cm³/mol. The summed E-state index contributed by atoms with van der Waals surface area (Å²) in [6.45, 7) is -0.372. The van der Waals surface area contributed by atoms with Crippen LogP contribution in [0.2, 0.25) is 0 Å². The summed E-state index contributed by atoms with van der Waals surface area (Å²) in [7, 11) is 1.58. The van der Waals surface area contributed by atoms with Crippen LogP contribution in [-0.2, 0) is 9.63 Å². The molecule has 3 aromatic rings. The van der Waals surface area contributed by atoms with E-state index in [4.69, 9.17) is 9.57 Å². The number of amides is 1. The minimum absolute atomic E-state index is 0.168. The van der Waals surface area contributed by atoms with E-state index in [1.807, 2.05) is 6.07 Å². The Morgan fingerprint density at radius 2 is 2.04 bits per heavy atom. The highest BCUT2D eigenvalue weighted by atomic mass is 79.9. The van der Waals surface area contributed by atoms with Gasteiger partial charge in [-0.05, 0) is 48.0 Å². The van der Waals surface area contributed by atoms with Gasteiger partial charge in [0.25, 0.3) is 0 Å². The fourth-order valence-electron chi connectivity index (χ4n) is 2.25. The first-order valence-corrected chi connectivity index (χ1v) is 8.60. The molecule has 0 radical (unpaired) electrons. The van der Waals surface area contributed by atoms with Crippen LogP contribution >= 0.6 is 15.9 Å². The van der Waals surface area contributed by atoms with Crippen LogP contribution in [0.5, 0.6) is 11.6 Å². The van der Waals surface area contributed by atoms with E-state index < -0.39 is 5.91 Å². The average Bonchev–Trinajstić information content (AvgIpc) is 2.98. The number of halogens is 1. The molecule has 0 saturated carbocycles. The molecule has 27 heavy (non-hydrogen) atoms. The predicted octanol–water partition coefficient (Wildman–Crippen LogP) is 4.31. The van der Waals surface area contributed by atoms with Gasteiger partial charge < -0.3 is 19.7 Å². The van der Waals surface area contributed by atoms with E-state index in [0.29, 0.717) is 10.9 Å². The van der Waals surface area contributed by atoms with Crippen LogP contribution in [0.4, 0.5) is 5.69 Å². The first kappa shape index (κ1) is 18.6. The Morgan fingerprint density at radius 3 is 2.78 bits per heavy atom. The highest BCUT2D eigenvalue weighted by Crippen LogP contribution is 2.36. The number of fused-ring (bicyclic) bond motifs is 1. The molecule has 138 valence electrons. The number of aromatic hydroxyl groups is 1. The third kappa shape index (κ3) is 4.70. The third-order valence-corrected chi connectivity index (χ3v) is 4.05. The van der Waals surface area contributed by atoms with Gasteiger partial charge in [0, 0.05) is 9.86 Å². The Bertz CT molecular complexity index is 1010. The summed E-state index contributed by atoms with van der Waals surface area (Å²) in [5, 5.41) is 21.6. The Kier molecular flexibility index (Phi) is 5.82. The molecule has 0 aliphatic rings. The van der Waals surface area contributed by atoms with Crippen molar-refractivity contribution in [1.29, 1.82) is 0 Å². The SMILES string of the molecule is COc1ccc(/C=N/OCC(=O)N=Nc2c(O)[nH]c3ccc(Br)cc23)cc1. The molecule has 0 unspecified atom stereocenters. The molecule has 2 aromatic carbocycles. The number of nitrogens with zero attached hydrogens (tertiary/aromatic N) is 3. The lowest BCUT2D eigenvalue weighted by molar-refractivity contribution is -0.122. The largest absolute Gasteiger partial charge is 0.497 e. The number of carbonyl (C=O) groups is 1. The van der Waals surface area contributed by atoms with Crippen LogP contribution < -0.4 is 4.74 Å². The topological polar surface area (TPSA) is 109 Å². The molecule has 0 saturated heterocycles. The molecule has 0 aliphatic heterocycles. The number of oxime groups is 1. The van der Waals surface area contributed by atoms with E-state index in [1.165, 1.54) is 6.21 Å². The Balaban J connectivity index is 1.58. The van der Waals surface area contributed by atoms with Crippen molar-refractivity contribution in [2.45, 2.75) is 0 Å². The molecule has 9 heteroatoms. The maximum absolute atomic E-state index is 11.8. The number of ether oxygens (including phenoxy) is 1. The highest BCUT2D eigenvalue weighted by Gasteiger charge is 2.11. The second kappa shape index (κ2) is 8.45. The standard InChI is InChI=1S/C18H15BrN4O4/c1-26-13-5-2-11(3-6-13)9-20-27-10-16(24)22-23-17-14-8-12(19)4-7-15(14)21-18(17)25/h2-9,21,25H,10H2,1H3/b20-9+,23-22?. The zero-order chi connectivity index (χ0) is 19.2. The summed E-state index contributed by atoms with van der Waals surface area (Å²) < 4.78 is 5.87. The van der Waals surface area contributed by atoms with Gasteiger partial charge in [-0.15, -0.1) is 10.2 Å². The van der Waals surface area contributed by atoms with Gasteiger partial charge in [0.2, 0.25) is 5.88 Å². The monoisotopic (exact) mass is 430 g/mol. The van der Waals surface area contributed by atoms with Crippen LogP contribution in [0.1, 0.15) is 5.56 Å². The van der Waals surface area contributed by atoms with E-state index in [9.17, 15) is 9.90 Å². The van der Waals surface area contributed by atoms with Gasteiger partial charge in [-0.1, -0.05) is 21.1 Å². The molecule has 0 aliphatic carbocycles. The van der Waals surface area contributed by atoms with E-state index in [-0.39, 0.29) is 18.2 Å². The van der Waals surface area contributed by atoms with Crippen molar-refractivity contribution < 1.29 is 19.5 Å². The zero-order valence-electron chi connectivity index (χ0n) is 14.2. The molecule has 0 bridgehead atoms. The number of hydrogen-bond donors (Lipinski definition) is 2. The van der Waals surface area contributed by atoms with Crippen molar-refractivity contribution in [2.75, 3.05) is 13.7 Å². The van der Waals surface area contributed by atoms with E-state index in [1.54, 1.807) is 43.5 Å². The highest BCUT2D eigenvalue weighted by molar-refractivity contribution is 9.10. The second-order valence-corrected chi connectivity index (χ2v) is 6.30. The molecule has 1 aromatic heterocycles. The maximum atomic E-state index is 11.8. The van der Waals surface area contributed by atoms with E-state index in [2.05, 4.69) is 36.3 Å². The van der Waals surface area contributed by atoms with Crippen molar-refractivity contribution >= 4 is 44.6 Å². The Morgan fingerprint density at radius 1 is 1.26 bits per heavy atom. The number of methoxy groups -OCH3 is 1. The lowest BCUT2D eigenvalue weighted by Crippen LogP contribution is -2.01. The fraction of sp³-hybridized carbons (Fsp3) is 0.111. The molecule has 0 fully saturated rings. The molecule has 0 spiro atoms. The molecular weight excluding hydrogens is 416 g/mol. The van der Waals surface area contributed by atoms with Gasteiger partial charge in [0.1, 0.15) is 5.75 Å². The first-order chi connectivity index (χ1) is 13.1. The summed E-state index contributed by atoms with van der Waals surface area (Å²) in [4.78, 5) is 19.5. The van der Waals surface area contributed by atoms with Crippen molar-refractivity contribution in [1.82, 2.24) is 4.98 Å². The molecule has 2 N–H and O–H groups in total. The van der Waals surface area contributed by atoms with Gasteiger partial charge >= 0.3 is 5.91 Å². The Hall–Kier alpha value is -3.20. The van der Waals surface area contributed by atoms with Gasteiger partial charge in [-0.25, -0.2) is 0 Å². The van der Waals surface area contributed by atoms with Crippen LogP contribution in [0.3, 0.4) is 0 Å². The summed E-state index contributed by atoms with van der Waals surface area (Å²) >= 11 is 3.35. The number of hydrogen-bond acceptors (Lipinski definition) is 6. The van der Waals surface area contributed by atoms with Crippen LogP contribution in [-0.4, -0.2) is 35.9 Å². The second-order valence-electron chi connectivity index (χ2n) is 5.39. The van der Waals surface area contributed by atoms with Gasteiger partial charge in [-0.2, -0.15) is 0 Å². The molecule has 8 nitrogen and oxygen atoms in total. The number of aromatic nitrogens is 1. The van der Waals surface area contributed by atoms with Crippen molar-refractivity contribution in [2.24, 2.45) is 15.4 Å². The number of benzene rings is 2. The van der Waals surface area contributed by atoms with Gasteiger partial charge in [-0.3, -0.25) is 4.79 Å². The molecule has 1 amide bonds. The lowest BCUT2D eigenvalue weighted by Gasteiger charge is -1.98. The minimum Gasteiger partial charge on any atom is -0.497 e. The van der Waals surface area contributed by atoms with Gasteiger partial charge in [0.05, 0.1) is 18.8 Å². The summed E-state index contributed by atoms with van der Waals surface area (Å²) in [6, 6.07) is 12.5. The van der Waals surface area contributed by atoms with Crippen LogP contribution in [0.25, 0.3) is 10.9 Å².